The number of amides is 3. The first-order valence-corrected chi connectivity index (χ1v) is 9.14. The minimum absolute atomic E-state index is 0.0241. The maximum Gasteiger partial charge on any atom is 0.409 e. The van der Waals surface area contributed by atoms with Crippen molar-refractivity contribution in [3.63, 3.8) is 0 Å². The molecule has 1 aromatic rings. The molecule has 0 bridgehead atoms. The predicted molar refractivity (Wildman–Crippen MR) is 97.1 cm³/mol. The molecule has 1 saturated heterocycles. The Hall–Kier alpha value is -2.44. The van der Waals surface area contributed by atoms with Crippen molar-refractivity contribution in [2.45, 2.75) is 37.8 Å². The smallest absolute Gasteiger partial charge is 0.409 e. The molecule has 3 rings (SSSR count). The molecule has 7 nitrogen and oxygen atoms in total. The van der Waals surface area contributed by atoms with E-state index in [1.165, 1.54) is 7.11 Å². The van der Waals surface area contributed by atoms with Crippen LogP contribution in [0.2, 0.25) is 0 Å². The van der Waals surface area contributed by atoms with Gasteiger partial charge in [-0.05, 0) is 49.3 Å². The van der Waals surface area contributed by atoms with Gasteiger partial charge in [0.2, 0.25) is 0 Å². The lowest BCUT2D eigenvalue weighted by Crippen LogP contribution is -2.49. The molecule has 2 aliphatic rings. The highest BCUT2D eigenvalue weighted by Crippen LogP contribution is 2.41. The standard InChI is InChI=1S/C19H27N3O4/c1-25-16-7-5-14(6-8-16)17(13-3-4-13)21-18(23)20-15-9-11-22(12-10-15)19(24)26-2/h5-8,13,15,17H,3-4,9-12H2,1-2H3,(H2,20,21,23). The molecule has 1 atom stereocenters. The molecule has 1 saturated carbocycles. The normalized spacial score (nSPS) is 18.8. The van der Waals surface area contributed by atoms with E-state index in [-0.39, 0.29) is 24.2 Å². The number of nitrogens with zero attached hydrogens (tertiary/aromatic N) is 1. The lowest BCUT2D eigenvalue weighted by atomic mass is 10.0. The SMILES string of the molecule is COC(=O)N1CCC(NC(=O)NC(c2ccc(OC)cc2)C2CC2)CC1. The number of rotatable bonds is 5. The van der Waals surface area contributed by atoms with Crippen molar-refractivity contribution in [2.75, 3.05) is 27.3 Å². The molecule has 1 unspecified atom stereocenters. The minimum Gasteiger partial charge on any atom is -0.497 e. The van der Waals surface area contributed by atoms with Crippen molar-refractivity contribution < 1.29 is 19.1 Å². The zero-order chi connectivity index (χ0) is 18.5. The maximum absolute atomic E-state index is 12.5. The summed E-state index contributed by atoms with van der Waals surface area (Å²) in [6, 6.07) is 7.82. The number of nitrogens with one attached hydrogen (secondary N) is 2. The molecule has 1 aromatic carbocycles. The number of benzene rings is 1. The van der Waals surface area contributed by atoms with Crippen LogP contribution in [0, 0.1) is 5.92 Å². The third kappa shape index (κ3) is 4.59. The van der Waals surface area contributed by atoms with Crippen molar-refractivity contribution in [3.8, 4) is 5.75 Å². The van der Waals surface area contributed by atoms with Gasteiger partial charge in [0, 0.05) is 19.1 Å². The third-order valence-corrected chi connectivity index (χ3v) is 5.12. The van der Waals surface area contributed by atoms with Crippen molar-refractivity contribution in [2.24, 2.45) is 5.92 Å². The fourth-order valence-electron chi connectivity index (χ4n) is 3.42. The highest BCUT2D eigenvalue weighted by Gasteiger charge is 2.34. The van der Waals surface area contributed by atoms with Gasteiger partial charge < -0.3 is 25.0 Å². The number of urea groups is 1. The van der Waals surface area contributed by atoms with E-state index in [2.05, 4.69) is 10.6 Å². The lowest BCUT2D eigenvalue weighted by Gasteiger charge is -2.31. The average molecular weight is 361 g/mol. The topological polar surface area (TPSA) is 79.9 Å². The van der Waals surface area contributed by atoms with Crippen LogP contribution in [-0.4, -0.2) is 50.4 Å². The summed E-state index contributed by atoms with van der Waals surface area (Å²) in [5.74, 6) is 1.31. The van der Waals surface area contributed by atoms with E-state index >= 15 is 0 Å². The fraction of sp³-hybridized carbons (Fsp3) is 0.579. The summed E-state index contributed by atoms with van der Waals surface area (Å²) in [5.41, 5.74) is 1.10. The van der Waals surface area contributed by atoms with Crippen molar-refractivity contribution in [3.05, 3.63) is 29.8 Å². The highest BCUT2D eigenvalue weighted by atomic mass is 16.5. The third-order valence-electron chi connectivity index (χ3n) is 5.12. The Morgan fingerprint density at radius 1 is 1.08 bits per heavy atom. The Bertz CT molecular complexity index is 622. The lowest BCUT2D eigenvalue weighted by molar-refractivity contribution is 0.110. The van der Waals surface area contributed by atoms with Crippen LogP contribution in [0.4, 0.5) is 9.59 Å². The van der Waals surface area contributed by atoms with Crippen LogP contribution in [0.5, 0.6) is 5.75 Å². The number of methoxy groups -OCH3 is 2. The van der Waals surface area contributed by atoms with Gasteiger partial charge >= 0.3 is 12.1 Å². The quantitative estimate of drug-likeness (QED) is 0.845. The Kier molecular flexibility index (Phi) is 5.85. The van der Waals surface area contributed by atoms with E-state index in [0.29, 0.717) is 19.0 Å². The Morgan fingerprint density at radius 3 is 2.27 bits per heavy atom. The molecular formula is C19H27N3O4. The summed E-state index contributed by atoms with van der Waals surface area (Å²) in [5, 5.41) is 6.18. The number of piperidine rings is 1. The second-order valence-electron chi connectivity index (χ2n) is 6.94. The molecule has 0 spiro atoms. The van der Waals surface area contributed by atoms with Crippen LogP contribution in [0.25, 0.3) is 0 Å². The molecule has 142 valence electrons. The second-order valence-corrected chi connectivity index (χ2v) is 6.94. The summed E-state index contributed by atoms with van der Waals surface area (Å²) in [7, 11) is 3.03. The molecule has 1 aliphatic heterocycles. The van der Waals surface area contributed by atoms with Crippen LogP contribution in [0.3, 0.4) is 0 Å². The van der Waals surface area contributed by atoms with Gasteiger partial charge in [-0.25, -0.2) is 9.59 Å². The molecule has 2 N–H and O–H groups in total. The average Bonchev–Trinajstić information content (AvgIpc) is 3.51. The first-order chi connectivity index (χ1) is 12.6. The number of carbonyl (C=O) groups excluding carboxylic acids is 2. The Balaban J connectivity index is 1.52. The molecular weight excluding hydrogens is 334 g/mol. The number of carbonyl (C=O) groups is 2. The van der Waals surface area contributed by atoms with Gasteiger partial charge in [-0.3, -0.25) is 0 Å². The second kappa shape index (κ2) is 8.29. The molecule has 1 heterocycles. The first-order valence-electron chi connectivity index (χ1n) is 9.14. The van der Waals surface area contributed by atoms with Crippen LogP contribution in [0.1, 0.15) is 37.3 Å². The fourth-order valence-corrected chi connectivity index (χ4v) is 3.42. The van der Waals surface area contributed by atoms with Crippen LogP contribution < -0.4 is 15.4 Å². The summed E-state index contributed by atoms with van der Waals surface area (Å²) in [4.78, 5) is 25.7. The molecule has 1 aliphatic carbocycles. The molecule has 26 heavy (non-hydrogen) atoms. The summed E-state index contributed by atoms with van der Waals surface area (Å²) in [6.45, 7) is 1.20. The predicted octanol–water partition coefficient (Wildman–Crippen LogP) is 2.68. The van der Waals surface area contributed by atoms with E-state index in [1.807, 2.05) is 24.3 Å². The van der Waals surface area contributed by atoms with Gasteiger partial charge in [0.25, 0.3) is 0 Å². The van der Waals surface area contributed by atoms with Crippen molar-refractivity contribution >= 4 is 12.1 Å². The van der Waals surface area contributed by atoms with E-state index in [0.717, 1.165) is 37.0 Å². The summed E-state index contributed by atoms with van der Waals surface area (Å²) in [6.07, 6.45) is 3.43. The monoisotopic (exact) mass is 361 g/mol. The van der Waals surface area contributed by atoms with Gasteiger partial charge in [0.1, 0.15) is 5.75 Å². The van der Waals surface area contributed by atoms with Gasteiger partial charge in [0.05, 0.1) is 20.3 Å². The zero-order valence-corrected chi connectivity index (χ0v) is 15.4. The summed E-state index contributed by atoms with van der Waals surface area (Å²) >= 11 is 0. The van der Waals surface area contributed by atoms with Crippen molar-refractivity contribution in [1.29, 1.82) is 0 Å². The number of ether oxygens (including phenoxy) is 2. The minimum atomic E-state index is -0.304. The van der Waals surface area contributed by atoms with Gasteiger partial charge in [-0.2, -0.15) is 0 Å². The van der Waals surface area contributed by atoms with E-state index in [4.69, 9.17) is 9.47 Å². The van der Waals surface area contributed by atoms with Gasteiger partial charge in [-0.15, -0.1) is 0 Å². The largest absolute Gasteiger partial charge is 0.497 e. The van der Waals surface area contributed by atoms with Crippen molar-refractivity contribution in [1.82, 2.24) is 15.5 Å². The molecule has 0 radical (unpaired) electrons. The molecule has 3 amide bonds. The Morgan fingerprint density at radius 2 is 1.73 bits per heavy atom. The number of likely N-dealkylation sites (tertiary alicyclic amines) is 1. The first kappa shape index (κ1) is 18.4. The maximum atomic E-state index is 12.5. The van der Waals surface area contributed by atoms with Gasteiger partial charge in [-0.1, -0.05) is 12.1 Å². The molecule has 2 fully saturated rings. The van der Waals surface area contributed by atoms with Crippen LogP contribution in [-0.2, 0) is 4.74 Å². The molecule has 7 heteroatoms. The Labute approximate surface area is 154 Å². The van der Waals surface area contributed by atoms with E-state index < -0.39 is 0 Å². The zero-order valence-electron chi connectivity index (χ0n) is 15.4. The van der Waals surface area contributed by atoms with Crippen LogP contribution in [0.15, 0.2) is 24.3 Å². The summed E-state index contributed by atoms with van der Waals surface area (Å²) < 4.78 is 9.94. The highest BCUT2D eigenvalue weighted by molar-refractivity contribution is 5.75. The van der Waals surface area contributed by atoms with E-state index in [9.17, 15) is 9.59 Å². The number of hydrogen-bond donors (Lipinski definition) is 2. The van der Waals surface area contributed by atoms with Gasteiger partial charge in [0.15, 0.2) is 0 Å². The van der Waals surface area contributed by atoms with E-state index in [1.54, 1.807) is 12.0 Å². The molecule has 0 aromatic heterocycles. The van der Waals surface area contributed by atoms with Crippen LogP contribution >= 0.6 is 0 Å². The number of hydrogen-bond acceptors (Lipinski definition) is 4.